The van der Waals surface area contributed by atoms with Gasteiger partial charge in [0.25, 0.3) is 0 Å². The van der Waals surface area contributed by atoms with E-state index >= 15 is 0 Å². The lowest BCUT2D eigenvalue weighted by molar-refractivity contribution is -0.179. The fourth-order valence-electron chi connectivity index (χ4n) is 8.70. The molecular weight excluding hydrogens is 472 g/mol. The average Bonchev–Trinajstić information content (AvgIpc) is 2.96. The molecule has 0 aromatic carbocycles. The molecule has 0 aromatic heterocycles. The zero-order valence-electron chi connectivity index (χ0n) is 23.4. The van der Waals surface area contributed by atoms with Gasteiger partial charge in [-0.05, 0) is 62.5 Å². The van der Waals surface area contributed by atoms with E-state index in [1.165, 1.54) is 32.9 Å². The van der Waals surface area contributed by atoms with Crippen LogP contribution in [0.4, 0.5) is 0 Å². The SMILES string of the molecule is CC(C)(O)/C=C/C(=O)[C@](C)(O)[C@H]1[C@H](O)C[C@@]2(C)[C@@H]3CC=C4[C@@H](C=C(O)[C@@H](O)C4(C)C)[C@]3(C)C(=O)C[C@]12C. The summed E-state index contributed by atoms with van der Waals surface area (Å²) >= 11 is 0. The minimum absolute atomic E-state index is 0.0290. The molecule has 0 spiro atoms. The number of carbonyl (C=O) groups excluding carboxylic acids is 2. The van der Waals surface area contributed by atoms with Crippen molar-refractivity contribution in [2.75, 3.05) is 0 Å². The predicted molar refractivity (Wildman–Crippen MR) is 139 cm³/mol. The van der Waals surface area contributed by atoms with Crippen molar-refractivity contribution in [1.82, 2.24) is 0 Å². The molecule has 0 saturated heterocycles. The third kappa shape index (κ3) is 3.68. The molecule has 4 aliphatic carbocycles. The fraction of sp³-hybridized carbons (Fsp3) is 0.733. The number of Topliss-reactive ketones (excluding diaryl/α,β-unsaturated/α-hetero) is 1. The first kappa shape index (κ1) is 28.2. The summed E-state index contributed by atoms with van der Waals surface area (Å²) in [6.07, 6.45) is 5.07. The number of hydrogen-bond donors (Lipinski definition) is 5. The lowest BCUT2D eigenvalue weighted by Gasteiger charge is -2.64. The summed E-state index contributed by atoms with van der Waals surface area (Å²) in [4.78, 5) is 27.4. The predicted octanol–water partition coefficient (Wildman–Crippen LogP) is 3.41. The number of aliphatic hydroxyl groups excluding tert-OH is 3. The van der Waals surface area contributed by atoms with Crippen molar-refractivity contribution in [2.24, 2.45) is 39.4 Å². The fourth-order valence-corrected chi connectivity index (χ4v) is 8.70. The molecule has 9 atom stereocenters. The molecule has 206 valence electrons. The van der Waals surface area contributed by atoms with Gasteiger partial charge >= 0.3 is 0 Å². The largest absolute Gasteiger partial charge is 0.510 e. The number of carbonyl (C=O) groups is 2. The van der Waals surface area contributed by atoms with Crippen molar-refractivity contribution < 1.29 is 35.1 Å². The third-order valence-electron chi connectivity index (χ3n) is 11.0. The molecule has 0 aromatic rings. The molecule has 7 nitrogen and oxygen atoms in total. The van der Waals surface area contributed by atoms with Crippen LogP contribution in [0.1, 0.15) is 74.7 Å². The van der Waals surface area contributed by atoms with E-state index in [0.717, 1.165) is 5.57 Å². The first-order valence-corrected chi connectivity index (χ1v) is 13.3. The van der Waals surface area contributed by atoms with Crippen LogP contribution in [0.15, 0.2) is 35.6 Å². The normalized spacial score (nSPS) is 44.9. The summed E-state index contributed by atoms with van der Waals surface area (Å²) in [5, 5.41) is 54.4. The molecule has 2 fully saturated rings. The Morgan fingerprint density at radius 3 is 2.22 bits per heavy atom. The molecule has 4 aliphatic rings. The number of fused-ring (bicyclic) bond motifs is 5. The van der Waals surface area contributed by atoms with Gasteiger partial charge in [-0.1, -0.05) is 52.3 Å². The summed E-state index contributed by atoms with van der Waals surface area (Å²) in [7, 11) is 0. The van der Waals surface area contributed by atoms with Crippen molar-refractivity contribution in [3.8, 4) is 0 Å². The van der Waals surface area contributed by atoms with Crippen LogP contribution in [-0.4, -0.2) is 60.5 Å². The highest BCUT2D eigenvalue weighted by atomic mass is 16.3. The minimum atomic E-state index is -1.95. The van der Waals surface area contributed by atoms with Gasteiger partial charge in [0.2, 0.25) is 0 Å². The topological polar surface area (TPSA) is 135 Å². The molecule has 0 heterocycles. The zero-order valence-corrected chi connectivity index (χ0v) is 23.4. The van der Waals surface area contributed by atoms with Crippen LogP contribution in [0.5, 0.6) is 0 Å². The van der Waals surface area contributed by atoms with Crippen molar-refractivity contribution in [2.45, 2.75) is 98.1 Å². The van der Waals surface area contributed by atoms with E-state index in [1.54, 1.807) is 6.08 Å². The molecule has 7 heteroatoms. The van der Waals surface area contributed by atoms with Gasteiger partial charge in [0.15, 0.2) is 5.78 Å². The van der Waals surface area contributed by atoms with E-state index in [9.17, 15) is 35.1 Å². The highest BCUT2D eigenvalue weighted by Gasteiger charge is 2.74. The van der Waals surface area contributed by atoms with Crippen LogP contribution in [0.2, 0.25) is 0 Å². The molecule has 2 saturated carbocycles. The van der Waals surface area contributed by atoms with Crippen LogP contribution >= 0.6 is 0 Å². The Morgan fingerprint density at radius 2 is 1.65 bits per heavy atom. The molecular formula is C30H44O7. The molecule has 0 bridgehead atoms. The first-order chi connectivity index (χ1) is 16.7. The molecule has 37 heavy (non-hydrogen) atoms. The van der Waals surface area contributed by atoms with Crippen molar-refractivity contribution >= 4 is 11.6 Å². The monoisotopic (exact) mass is 516 g/mol. The number of hydrogen-bond acceptors (Lipinski definition) is 7. The molecule has 0 radical (unpaired) electrons. The van der Waals surface area contributed by atoms with Gasteiger partial charge in [0, 0.05) is 29.1 Å². The number of ketones is 2. The summed E-state index contributed by atoms with van der Waals surface area (Å²) in [5.74, 6) is -2.28. The van der Waals surface area contributed by atoms with Crippen LogP contribution in [0.25, 0.3) is 0 Å². The van der Waals surface area contributed by atoms with Gasteiger partial charge in [-0.3, -0.25) is 9.59 Å². The summed E-state index contributed by atoms with van der Waals surface area (Å²) in [5.41, 5.74) is -5.35. The van der Waals surface area contributed by atoms with Crippen LogP contribution in [-0.2, 0) is 9.59 Å². The van der Waals surface area contributed by atoms with Gasteiger partial charge in [-0.2, -0.15) is 0 Å². The quantitative estimate of drug-likeness (QED) is 0.285. The number of aliphatic hydroxyl groups is 5. The van der Waals surface area contributed by atoms with Crippen molar-refractivity contribution in [3.63, 3.8) is 0 Å². The lowest BCUT2D eigenvalue weighted by Crippen LogP contribution is -2.64. The van der Waals surface area contributed by atoms with Crippen LogP contribution < -0.4 is 0 Å². The second-order valence-corrected chi connectivity index (χ2v) is 14.1. The Bertz CT molecular complexity index is 1110. The zero-order chi connectivity index (χ0) is 28.1. The molecule has 4 rings (SSSR count). The summed E-state index contributed by atoms with van der Waals surface area (Å²) in [6.45, 7) is 14.1. The van der Waals surface area contributed by atoms with E-state index in [2.05, 4.69) is 13.0 Å². The lowest BCUT2D eigenvalue weighted by atomic mass is 9.39. The maximum atomic E-state index is 14.2. The van der Waals surface area contributed by atoms with Crippen LogP contribution in [0, 0.1) is 39.4 Å². The Morgan fingerprint density at radius 1 is 1.05 bits per heavy atom. The van der Waals surface area contributed by atoms with Crippen molar-refractivity contribution in [3.05, 3.63) is 35.6 Å². The third-order valence-corrected chi connectivity index (χ3v) is 11.0. The van der Waals surface area contributed by atoms with E-state index < -0.39 is 62.7 Å². The average molecular weight is 517 g/mol. The molecule has 0 unspecified atom stereocenters. The van der Waals surface area contributed by atoms with Crippen molar-refractivity contribution in [1.29, 1.82) is 0 Å². The Balaban J connectivity index is 1.81. The van der Waals surface area contributed by atoms with E-state index in [1.807, 2.05) is 27.7 Å². The summed E-state index contributed by atoms with van der Waals surface area (Å²) in [6, 6.07) is 0. The second-order valence-electron chi connectivity index (χ2n) is 14.1. The second kappa shape index (κ2) is 8.10. The molecule has 5 N–H and O–H groups in total. The Hall–Kier alpha value is -1.80. The maximum Gasteiger partial charge on any atom is 0.187 e. The number of allylic oxidation sites excluding steroid dienone is 2. The minimum Gasteiger partial charge on any atom is -0.510 e. The number of rotatable bonds is 4. The van der Waals surface area contributed by atoms with Gasteiger partial charge in [0.1, 0.15) is 23.2 Å². The van der Waals surface area contributed by atoms with E-state index in [0.29, 0.717) is 12.8 Å². The smallest absolute Gasteiger partial charge is 0.187 e. The highest BCUT2D eigenvalue weighted by molar-refractivity contribution is 5.97. The van der Waals surface area contributed by atoms with E-state index in [4.69, 9.17) is 0 Å². The van der Waals surface area contributed by atoms with Gasteiger partial charge in [-0.15, -0.1) is 0 Å². The van der Waals surface area contributed by atoms with E-state index in [-0.39, 0.29) is 23.9 Å². The Kier molecular flexibility index (Phi) is 6.18. The van der Waals surface area contributed by atoms with Gasteiger partial charge in [-0.25, -0.2) is 0 Å². The van der Waals surface area contributed by atoms with Gasteiger partial charge in [0.05, 0.1) is 11.7 Å². The maximum absolute atomic E-state index is 14.2. The highest BCUT2D eigenvalue weighted by Crippen LogP contribution is 2.73. The Labute approximate surface area is 220 Å². The van der Waals surface area contributed by atoms with Gasteiger partial charge < -0.3 is 25.5 Å². The summed E-state index contributed by atoms with van der Waals surface area (Å²) < 4.78 is 0. The van der Waals surface area contributed by atoms with Crippen LogP contribution in [0.3, 0.4) is 0 Å². The first-order valence-electron chi connectivity index (χ1n) is 13.3. The standard InChI is InChI=1S/C30H44O7/c1-25(2,36)12-11-21(33)30(8,37)23-19(32)14-27(5)20-10-9-16-17(13-18(31)24(35)26(16,3)4)29(20,7)22(34)15-28(23,27)6/h9,11-13,17,19-20,23-24,31-32,35-37H,10,14-15H2,1-8H3/b12-11+/t17-,19-,20+,23+,24-,27+,28-,29+,30+/m1/s1. The molecule has 0 amide bonds. The molecule has 0 aliphatic heterocycles.